The van der Waals surface area contributed by atoms with Gasteiger partial charge >= 0.3 is 0 Å². The smallest absolute Gasteiger partial charge is 0.247 e. The second-order valence-corrected chi connectivity index (χ2v) is 5.47. The van der Waals surface area contributed by atoms with E-state index in [1.54, 1.807) is 25.1 Å². The number of rotatable bonds is 2. The molecule has 1 fully saturated rings. The molecule has 2 N–H and O–H groups in total. The van der Waals surface area contributed by atoms with Gasteiger partial charge in [-0.15, -0.1) is 0 Å². The summed E-state index contributed by atoms with van der Waals surface area (Å²) in [5.41, 5.74) is 7.02. The number of carbonyl (C=O) groups excluding carboxylic acids is 1. The van der Waals surface area contributed by atoms with E-state index in [1.165, 1.54) is 12.1 Å². The van der Waals surface area contributed by atoms with Crippen LogP contribution in [0.5, 0.6) is 0 Å². The Morgan fingerprint density at radius 3 is 2.80 bits per heavy atom. The molecule has 4 heteroatoms. The zero-order valence-electron chi connectivity index (χ0n) is 12.0. The molecule has 0 bridgehead atoms. The molecule has 0 spiro atoms. The molecular weight excluding hydrogens is 255 g/mol. The highest BCUT2D eigenvalue weighted by molar-refractivity contribution is 5.95. The summed E-state index contributed by atoms with van der Waals surface area (Å²) in [6, 6.07) is 6.80. The highest BCUT2D eigenvalue weighted by Gasteiger charge is 2.26. The summed E-state index contributed by atoms with van der Waals surface area (Å²) < 4.78 is 13.7. The third-order valence-corrected chi connectivity index (χ3v) is 3.84. The average molecular weight is 276 g/mol. The van der Waals surface area contributed by atoms with Crippen LogP contribution in [0.25, 0.3) is 5.57 Å². The van der Waals surface area contributed by atoms with Crippen LogP contribution in [0.15, 0.2) is 30.3 Å². The first-order chi connectivity index (χ1) is 9.49. The summed E-state index contributed by atoms with van der Waals surface area (Å²) in [4.78, 5) is 14.1. The van der Waals surface area contributed by atoms with Gasteiger partial charge in [0.1, 0.15) is 5.82 Å². The quantitative estimate of drug-likeness (QED) is 0.844. The highest BCUT2D eigenvalue weighted by atomic mass is 19.1. The third kappa shape index (κ3) is 3.25. The number of nitrogens with two attached hydrogens (primary N) is 1. The Hall–Kier alpha value is -1.68. The van der Waals surface area contributed by atoms with Crippen LogP contribution < -0.4 is 5.73 Å². The fourth-order valence-corrected chi connectivity index (χ4v) is 2.66. The van der Waals surface area contributed by atoms with Crippen LogP contribution in [0.3, 0.4) is 0 Å². The van der Waals surface area contributed by atoms with E-state index in [1.807, 2.05) is 11.8 Å². The maximum Gasteiger partial charge on any atom is 0.247 e. The molecule has 1 aliphatic heterocycles. The van der Waals surface area contributed by atoms with Crippen LogP contribution in [0.2, 0.25) is 0 Å². The number of hydrogen-bond donors (Lipinski definition) is 1. The third-order valence-electron chi connectivity index (χ3n) is 3.84. The van der Waals surface area contributed by atoms with E-state index >= 15 is 0 Å². The minimum absolute atomic E-state index is 0.0647. The van der Waals surface area contributed by atoms with E-state index in [0.29, 0.717) is 17.7 Å². The van der Waals surface area contributed by atoms with Gasteiger partial charge in [-0.25, -0.2) is 4.39 Å². The van der Waals surface area contributed by atoms with Gasteiger partial charge in [0.15, 0.2) is 0 Å². The predicted molar refractivity (Wildman–Crippen MR) is 78.4 cm³/mol. The van der Waals surface area contributed by atoms with Gasteiger partial charge in [-0.2, -0.15) is 0 Å². The minimum atomic E-state index is -0.303. The molecule has 1 aromatic rings. The van der Waals surface area contributed by atoms with Crippen molar-refractivity contribution in [2.24, 2.45) is 5.73 Å². The summed E-state index contributed by atoms with van der Waals surface area (Å²) in [6.07, 6.45) is 3.16. The summed E-state index contributed by atoms with van der Waals surface area (Å²) in [6.45, 7) is 4.43. The summed E-state index contributed by atoms with van der Waals surface area (Å²) in [5, 5.41) is 0. The van der Waals surface area contributed by atoms with E-state index in [2.05, 4.69) is 0 Å². The monoisotopic (exact) mass is 276 g/mol. The van der Waals surface area contributed by atoms with Crippen LogP contribution in [-0.4, -0.2) is 29.4 Å². The number of nitrogens with zero attached hydrogens (tertiary/aromatic N) is 1. The topological polar surface area (TPSA) is 46.3 Å². The fraction of sp³-hybridized carbons (Fsp3) is 0.438. The fourth-order valence-electron chi connectivity index (χ4n) is 2.66. The average Bonchev–Trinajstić information content (AvgIpc) is 2.38. The molecule has 2 rings (SSSR count). The molecule has 20 heavy (non-hydrogen) atoms. The van der Waals surface area contributed by atoms with E-state index in [0.717, 1.165) is 12.8 Å². The van der Waals surface area contributed by atoms with Crippen molar-refractivity contribution in [3.8, 4) is 0 Å². The van der Waals surface area contributed by atoms with Crippen LogP contribution in [-0.2, 0) is 4.79 Å². The maximum absolute atomic E-state index is 13.7. The first-order valence-electron chi connectivity index (χ1n) is 6.98. The molecular formula is C16H21FN2O. The van der Waals surface area contributed by atoms with Gasteiger partial charge in [0.05, 0.1) is 0 Å². The molecule has 2 atom stereocenters. The van der Waals surface area contributed by atoms with Gasteiger partial charge in [0.25, 0.3) is 0 Å². The Labute approximate surface area is 119 Å². The van der Waals surface area contributed by atoms with Crippen LogP contribution in [0.1, 0.15) is 32.3 Å². The van der Waals surface area contributed by atoms with Crippen molar-refractivity contribution in [3.63, 3.8) is 0 Å². The Balaban J connectivity index is 2.14. The predicted octanol–water partition coefficient (Wildman–Crippen LogP) is 2.57. The SMILES string of the molecule is C/C(=C\C(=O)N1CCC(N)CC1C)c1ccccc1F. The van der Waals surface area contributed by atoms with Gasteiger partial charge in [-0.1, -0.05) is 18.2 Å². The molecule has 1 saturated heterocycles. The number of benzene rings is 1. The largest absolute Gasteiger partial charge is 0.336 e. The lowest BCUT2D eigenvalue weighted by Crippen LogP contribution is -2.47. The van der Waals surface area contributed by atoms with E-state index in [4.69, 9.17) is 5.73 Å². The summed E-state index contributed by atoms with van der Waals surface area (Å²) in [7, 11) is 0. The first kappa shape index (κ1) is 14.7. The summed E-state index contributed by atoms with van der Waals surface area (Å²) >= 11 is 0. The van der Waals surface area contributed by atoms with Crippen molar-refractivity contribution in [3.05, 3.63) is 41.7 Å². The molecule has 0 aliphatic carbocycles. The van der Waals surface area contributed by atoms with Gasteiger partial charge in [0, 0.05) is 30.3 Å². The highest BCUT2D eigenvalue weighted by Crippen LogP contribution is 2.20. The van der Waals surface area contributed by atoms with Gasteiger partial charge in [0.2, 0.25) is 5.91 Å². The minimum Gasteiger partial charge on any atom is -0.336 e. The molecule has 2 unspecified atom stereocenters. The number of halogens is 1. The number of amides is 1. The summed E-state index contributed by atoms with van der Waals surface area (Å²) in [5.74, 6) is -0.368. The molecule has 1 aromatic carbocycles. The molecule has 0 radical (unpaired) electrons. The molecule has 0 saturated carbocycles. The van der Waals surface area contributed by atoms with Crippen LogP contribution in [0.4, 0.5) is 4.39 Å². The molecule has 108 valence electrons. The van der Waals surface area contributed by atoms with Gasteiger partial charge in [-0.3, -0.25) is 4.79 Å². The van der Waals surface area contributed by atoms with E-state index in [9.17, 15) is 9.18 Å². The Bertz CT molecular complexity index is 527. The molecule has 1 heterocycles. The number of allylic oxidation sites excluding steroid dienone is 1. The van der Waals surface area contributed by atoms with Crippen molar-refractivity contribution in [2.45, 2.75) is 38.8 Å². The van der Waals surface area contributed by atoms with Crippen molar-refractivity contribution in [2.75, 3.05) is 6.54 Å². The normalized spacial score (nSPS) is 23.8. The molecule has 0 aromatic heterocycles. The lowest BCUT2D eigenvalue weighted by molar-refractivity contribution is -0.129. The van der Waals surface area contributed by atoms with Crippen LogP contribution >= 0.6 is 0 Å². The first-order valence-corrected chi connectivity index (χ1v) is 6.98. The van der Waals surface area contributed by atoms with Crippen molar-refractivity contribution in [1.29, 1.82) is 0 Å². The second-order valence-electron chi connectivity index (χ2n) is 5.47. The second kappa shape index (κ2) is 6.18. The Morgan fingerprint density at radius 1 is 1.45 bits per heavy atom. The zero-order chi connectivity index (χ0) is 14.7. The standard InChI is InChI=1S/C16H21FN2O/c1-11(14-5-3-4-6-15(14)17)9-16(20)19-8-7-13(18)10-12(19)2/h3-6,9,12-13H,7-8,10,18H2,1-2H3/b11-9+. The molecule has 1 aliphatic rings. The lowest BCUT2D eigenvalue weighted by Gasteiger charge is -2.35. The molecule has 1 amide bonds. The van der Waals surface area contributed by atoms with Crippen molar-refractivity contribution >= 4 is 11.5 Å². The van der Waals surface area contributed by atoms with E-state index in [-0.39, 0.29) is 23.8 Å². The van der Waals surface area contributed by atoms with Crippen molar-refractivity contribution in [1.82, 2.24) is 4.90 Å². The molecule has 3 nitrogen and oxygen atoms in total. The van der Waals surface area contributed by atoms with E-state index < -0.39 is 0 Å². The lowest BCUT2D eigenvalue weighted by atomic mass is 9.98. The van der Waals surface area contributed by atoms with Crippen LogP contribution in [0, 0.1) is 5.82 Å². The number of piperidine rings is 1. The van der Waals surface area contributed by atoms with Gasteiger partial charge < -0.3 is 10.6 Å². The number of hydrogen-bond acceptors (Lipinski definition) is 2. The maximum atomic E-state index is 13.7. The zero-order valence-corrected chi connectivity index (χ0v) is 12.0. The Morgan fingerprint density at radius 2 is 2.15 bits per heavy atom. The van der Waals surface area contributed by atoms with Gasteiger partial charge in [-0.05, 0) is 38.3 Å². The number of likely N-dealkylation sites (tertiary alicyclic amines) is 1. The number of carbonyl (C=O) groups is 1. The van der Waals surface area contributed by atoms with Crippen molar-refractivity contribution < 1.29 is 9.18 Å². The Kier molecular flexibility index (Phi) is 4.55.